The van der Waals surface area contributed by atoms with Crippen molar-refractivity contribution in [3.05, 3.63) is 35.4 Å². The summed E-state index contributed by atoms with van der Waals surface area (Å²) in [6, 6.07) is 7.65. The van der Waals surface area contributed by atoms with Gasteiger partial charge in [0.25, 0.3) is 0 Å². The molecule has 0 unspecified atom stereocenters. The third kappa shape index (κ3) is 1.63. The van der Waals surface area contributed by atoms with E-state index in [1.165, 1.54) is 12.7 Å². The van der Waals surface area contributed by atoms with Crippen LogP contribution in [0.3, 0.4) is 0 Å². The Kier molecular flexibility index (Phi) is 2.50. The summed E-state index contributed by atoms with van der Waals surface area (Å²) in [5.74, 6) is 0.290. The predicted octanol–water partition coefficient (Wildman–Crippen LogP) is 1.16. The maximum atomic E-state index is 11.3. The number of hydrogen-bond donors (Lipinski definition) is 1. The Morgan fingerprint density at radius 3 is 2.86 bits per heavy atom. The van der Waals surface area contributed by atoms with Crippen LogP contribution in [-0.4, -0.2) is 26.2 Å². The van der Waals surface area contributed by atoms with Crippen LogP contribution in [0.25, 0.3) is 0 Å². The first kappa shape index (κ1) is 9.21. The SMILES string of the molecule is COC(=O)c1cccc(C2CNC2)c1. The predicted molar refractivity (Wildman–Crippen MR) is 53.4 cm³/mol. The molecule has 74 valence electrons. The van der Waals surface area contributed by atoms with Crippen molar-refractivity contribution in [2.45, 2.75) is 5.92 Å². The van der Waals surface area contributed by atoms with E-state index in [2.05, 4.69) is 16.1 Å². The smallest absolute Gasteiger partial charge is 0.337 e. The van der Waals surface area contributed by atoms with E-state index in [-0.39, 0.29) is 5.97 Å². The summed E-state index contributed by atoms with van der Waals surface area (Å²) in [7, 11) is 1.40. The van der Waals surface area contributed by atoms with E-state index in [1.54, 1.807) is 6.07 Å². The van der Waals surface area contributed by atoms with Crippen LogP contribution in [-0.2, 0) is 4.74 Å². The van der Waals surface area contributed by atoms with Crippen molar-refractivity contribution in [1.82, 2.24) is 5.32 Å². The Labute approximate surface area is 83.1 Å². The average Bonchev–Trinajstić information content (AvgIpc) is 2.14. The number of carbonyl (C=O) groups excluding carboxylic acids is 1. The fourth-order valence-electron chi connectivity index (χ4n) is 1.56. The molecule has 1 heterocycles. The molecular weight excluding hydrogens is 178 g/mol. The fraction of sp³-hybridized carbons (Fsp3) is 0.364. The van der Waals surface area contributed by atoms with E-state index in [0.717, 1.165) is 13.1 Å². The largest absolute Gasteiger partial charge is 0.465 e. The maximum Gasteiger partial charge on any atom is 0.337 e. The Morgan fingerprint density at radius 1 is 1.50 bits per heavy atom. The van der Waals surface area contributed by atoms with Gasteiger partial charge in [-0.05, 0) is 17.7 Å². The summed E-state index contributed by atoms with van der Waals surface area (Å²) >= 11 is 0. The monoisotopic (exact) mass is 191 g/mol. The van der Waals surface area contributed by atoms with Crippen LogP contribution in [0.4, 0.5) is 0 Å². The molecule has 2 rings (SSSR count). The van der Waals surface area contributed by atoms with Crippen molar-refractivity contribution in [3.8, 4) is 0 Å². The highest BCUT2D eigenvalue weighted by atomic mass is 16.5. The number of benzene rings is 1. The minimum atomic E-state index is -0.265. The zero-order valence-corrected chi connectivity index (χ0v) is 8.12. The van der Waals surface area contributed by atoms with E-state index >= 15 is 0 Å². The van der Waals surface area contributed by atoms with Crippen molar-refractivity contribution < 1.29 is 9.53 Å². The van der Waals surface area contributed by atoms with Gasteiger partial charge in [0.1, 0.15) is 0 Å². The highest BCUT2D eigenvalue weighted by Crippen LogP contribution is 2.20. The van der Waals surface area contributed by atoms with Crippen LogP contribution in [0.15, 0.2) is 24.3 Å². The Balaban J connectivity index is 2.21. The lowest BCUT2D eigenvalue weighted by atomic mass is 9.92. The minimum absolute atomic E-state index is 0.265. The summed E-state index contributed by atoms with van der Waals surface area (Å²) in [6.45, 7) is 2.01. The highest BCUT2D eigenvalue weighted by molar-refractivity contribution is 5.89. The first-order valence-electron chi connectivity index (χ1n) is 4.70. The summed E-state index contributed by atoms with van der Waals surface area (Å²) in [6.07, 6.45) is 0. The van der Waals surface area contributed by atoms with Crippen molar-refractivity contribution >= 4 is 5.97 Å². The van der Waals surface area contributed by atoms with Gasteiger partial charge in [0, 0.05) is 19.0 Å². The first-order chi connectivity index (χ1) is 6.81. The molecule has 3 heteroatoms. The number of methoxy groups -OCH3 is 1. The minimum Gasteiger partial charge on any atom is -0.465 e. The third-order valence-electron chi connectivity index (χ3n) is 2.56. The van der Waals surface area contributed by atoms with E-state index in [4.69, 9.17) is 0 Å². The molecule has 0 bridgehead atoms. The van der Waals surface area contributed by atoms with Crippen LogP contribution in [0.2, 0.25) is 0 Å². The van der Waals surface area contributed by atoms with Gasteiger partial charge in [0.2, 0.25) is 0 Å². The van der Waals surface area contributed by atoms with Gasteiger partial charge >= 0.3 is 5.97 Å². The van der Waals surface area contributed by atoms with E-state index in [1.807, 2.05) is 12.1 Å². The van der Waals surface area contributed by atoms with Gasteiger partial charge in [-0.15, -0.1) is 0 Å². The van der Waals surface area contributed by atoms with Crippen molar-refractivity contribution in [2.24, 2.45) is 0 Å². The molecule has 1 fully saturated rings. The molecule has 1 aliphatic heterocycles. The molecular formula is C11H13NO2. The molecule has 0 radical (unpaired) electrons. The van der Waals surface area contributed by atoms with Gasteiger partial charge in [0.15, 0.2) is 0 Å². The summed E-state index contributed by atoms with van der Waals surface area (Å²) in [4.78, 5) is 11.3. The lowest BCUT2D eigenvalue weighted by Crippen LogP contribution is -2.39. The first-order valence-corrected chi connectivity index (χ1v) is 4.70. The number of hydrogen-bond acceptors (Lipinski definition) is 3. The number of rotatable bonds is 2. The normalized spacial score (nSPS) is 16.1. The van der Waals surface area contributed by atoms with Crippen LogP contribution < -0.4 is 5.32 Å². The molecule has 0 aromatic heterocycles. The van der Waals surface area contributed by atoms with Crippen molar-refractivity contribution in [2.75, 3.05) is 20.2 Å². The van der Waals surface area contributed by atoms with Crippen LogP contribution in [0.1, 0.15) is 21.8 Å². The Bertz CT molecular complexity index is 345. The summed E-state index contributed by atoms with van der Waals surface area (Å²) < 4.78 is 4.67. The molecule has 0 amide bonds. The molecule has 0 spiro atoms. The zero-order chi connectivity index (χ0) is 9.97. The van der Waals surface area contributed by atoms with Crippen LogP contribution in [0, 0.1) is 0 Å². The van der Waals surface area contributed by atoms with Crippen molar-refractivity contribution in [1.29, 1.82) is 0 Å². The van der Waals surface area contributed by atoms with Gasteiger partial charge in [-0.1, -0.05) is 12.1 Å². The second kappa shape index (κ2) is 3.80. The maximum absolute atomic E-state index is 11.3. The Morgan fingerprint density at radius 2 is 2.29 bits per heavy atom. The van der Waals surface area contributed by atoms with Gasteiger partial charge < -0.3 is 10.1 Å². The molecule has 1 aromatic carbocycles. The second-order valence-corrected chi connectivity index (χ2v) is 3.47. The topological polar surface area (TPSA) is 38.3 Å². The standard InChI is InChI=1S/C11H13NO2/c1-14-11(13)9-4-2-3-8(5-9)10-6-12-7-10/h2-5,10,12H,6-7H2,1H3. The van der Waals surface area contributed by atoms with Gasteiger partial charge in [-0.3, -0.25) is 0 Å². The number of ether oxygens (including phenoxy) is 1. The number of carbonyl (C=O) groups is 1. The Hall–Kier alpha value is -1.35. The number of nitrogens with one attached hydrogen (secondary N) is 1. The summed E-state index contributed by atoms with van der Waals surface area (Å²) in [5.41, 5.74) is 1.85. The quantitative estimate of drug-likeness (QED) is 0.713. The highest BCUT2D eigenvalue weighted by Gasteiger charge is 2.19. The molecule has 0 aliphatic carbocycles. The van der Waals surface area contributed by atoms with E-state index < -0.39 is 0 Å². The zero-order valence-electron chi connectivity index (χ0n) is 8.12. The molecule has 14 heavy (non-hydrogen) atoms. The fourth-order valence-corrected chi connectivity index (χ4v) is 1.56. The molecule has 1 aromatic rings. The number of esters is 1. The average molecular weight is 191 g/mol. The molecule has 1 aliphatic rings. The summed E-state index contributed by atoms with van der Waals surface area (Å²) in [5, 5.41) is 3.21. The van der Waals surface area contributed by atoms with Gasteiger partial charge in [0.05, 0.1) is 12.7 Å². The van der Waals surface area contributed by atoms with E-state index in [0.29, 0.717) is 11.5 Å². The molecule has 0 saturated carbocycles. The van der Waals surface area contributed by atoms with Crippen LogP contribution >= 0.6 is 0 Å². The van der Waals surface area contributed by atoms with Gasteiger partial charge in [-0.25, -0.2) is 4.79 Å². The van der Waals surface area contributed by atoms with Gasteiger partial charge in [-0.2, -0.15) is 0 Å². The molecule has 1 N–H and O–H groups in total. The molecule has 1 saturated heterocycles. The van der Waals surface area contributed by atoms with E-state index in [9.17, 15) is 4.79 Å². The molecule has 0 atom stereocenters. The van der Waals surface area contributed by atoms with Crippen molar-refractivity contribution in [3.63, 3.8) is 0 Å². The third-order valence-corrected chi connectivity index (χ3v) is 2.56. The second-order valence-electron chi connectivity index (χ2n) is 3.47. The lowest BCUT2D eigenvalue weighted by molar-refractivity contribution is 0.0600. The van der Waals surface area contributed by atoms with Crippen LogP contribution in [0.5, 0.6) is 0 Å². The lowest BCUT2D eigenvalue weighted by Gasteiger charge is -2.27. The molecule has 3 nitrogen and oxygen atoms in total.